The smallest absolute Gasteiger partial charge is 0.333 e. The maximum atomic E-state index is 11.0. The first-order chi connectivity index (χ1) is 7.67. The molecular formula is C12H14O4. The first-order valence-corrected chi connectivity index (χ1v) is 4.95. The second-order valence-electron chi connectivity index (χ2n) is 3.06. The van der Waals surface area contributed by atoms with Crippen molar-refractivity contribution in [2.45, 2.75) is 19.6 Å². The molecule has 0 saturated heterocycles. The van der Waals surface area contributed by atoms with Gasteiger partial charge in [0.25, 0.3) is 0 Å². The van der Waals surface area contributed by atoms with Crippen LogP contribution in [0.5, 0.6) is 11.5 Å². The van der Waals surface area contributed by atoms with Crippen LogP contribution < -0.4 is 4.74 Å². The molecule has 1 aromatic rings. The van der Waals surface area contributed by atoms with Gasteiger partial charge in [0.2, 0.25) is 6.29 Å². The van der Waals surface area contributed by atoms with Gasteiger partial charge in [-0.15, -0.1) is 0 Å². The van der Waals surface area contributed by atoms with Crippen LogP contribution in [0.25, 0.3) is 0 Å². The van der Waals surface area contributed by atoms with Crippen LogP contribution in [0.1, 0.15) is 13.3 Å². The molecule has 0 aliphatic heterocycles. The van der Waals surface area contributed by atoms with Crippen molar-refractivity contribution in [1.82, 2.24) is 0 Å². The van der Waals surface area contributed by atoms with E-state index in [0.29, 0.717) is 6.42 Å². The van der Waals surface area contributed by atoms with Crippen LogP contribution in [0.3, 0.4) is 0 Å². The molecule has 0 fully saturated rings. The number of ether oxygens (including phenoxy) is 2. The minimum atomic E-state index is -0.723. The van der Waals surface area contributed by atoms with Gasteiger partial charge in [-0.3, -0.25) is 0 Å². The quantitative estimate of drug-likeness (QED) is 0.471. The van der Waals surface area contributed by atoms with Gasteiger partial charge in [-0.1, -0.05) is 25.6 Å². The van der Waals surface area contributed by atoms with Crippen molar-refractivity contribution in [1.29, 1.82) is 0 Å². The Morgan fingerprint density at radius 1 is 1.56 bits per heavy atom. The summed E-state index contributed by atoms with van der Waals surface area (Å²) in [4.78, 5) is 11.0. The highest BCUT2D eigenvalue weighted by molar-refractivity contribution is 5.81. The maximum absolute atomic E-state index is 11.0. The summed E-state index contributed by atoms with van der Waals surface area (Å²) in [7, 11) is 0. The lowest BCUT2D eigenvalue weighted by atomic mass is 10.3. The van der Waals surface area contributed by atoms with E-state index in [-0.39, 0.29) is 11.5 Å². The third-order valence-electron chi connectivity index (χ3n) is 1.87. The molecule has 0 aliphatic rings. The van der Waals surface area contributed by atoms with Gasteiger partial charge in [0.1, 0.15) is 0 Å². The van der Waals surface area contributed by atoms with E-state index in [1.165, 1.54) is 6.07 Å². The van der Waals surface area contributed by atoms with E-state index < -0.39 is 12.3 Å². The Kier molecular flexibility index (Phi) is 4.39. The number of phenols is 1. The van der Waals surface area contributed by atoms with Crippen LogP contribution in [0.2, 0.25) is 0 Å². The standard InChI is InChI=1S/C12H14O4/c1-3-11(14)16-12(4-2)15-10-8-6-5-7-9(10)13/h3,5-8,12-13H,1,4H2,2H3. The Balaban J connectivity index is 2.66. The summed E-state index contributed by atoms with van der Waals surface area (Å²) in [6, 6.07) is 6.49. The van der Waals surface area contributed by atoms with E-state index in [4.69, 9.17) is 9.47 Å². The fourth-order valence-electron chi connectivity index (χ4n) is 1.07. The first kappa shape index (κ1) is 12.1. The van der Waals surface area contributed by atoms with Crippen molar-refractivity contribution < 1.29 is 19.4 Å². The molecular weight excluding hydrogens is 208 g/mol. The number of para-hydroxylation sites is 2. The molecule has 1 aromatic carbocycles. The number of carbonyl (C=O) groups excluding carboxylic acids is 1. The number of hydrogen-bond donors (Lipinski definition) is 1. The zero-order chi connectivity index (χ0) is 12.0. The largest absolute Gasteiger partial charge is 0.504 e. The van der Waals surface area contributed by atoms with Crippen LogP contribution in [-0.4, -0.2) is 17.4 Å². The molecule has 1 unspecified atom stereocenters. The Bertz CT molecular complexity index is 373. The lowest BCUT2D eigenvalue weighted by Crippen LogP contribution is -2.22. The van der Waals surface area contributed by atoms with E-state index in [1.54, 1.807) is 25.1 Å². The summed E-state index contributed by atoms with van der Waals surface area (Å²) in [6.07, 6.45) is 0.823. The molecule has 0 spiro atoms. The van der Waals surface area contributed by atoms with Crippen LogP contribution in [0, 0.1) is 0 Å². The van der Waals surface area contributed by atoms with Crippen LogP contribution in [0.4, 0.5) is 0 Å². The first-order valence-electron chi connectivity index (χ1n) is 4.95. The predicted octanol–water partition coefficient (Wildman–Crippen LogP) is 2.24. The van der Waals surface area contributed by atoms with Gasteiger partial charge < -0.3 is 14.6 Å². The Hall–Kier alpha value is -1.97. The average Bonchev–Trinajstić information content (AvgIpc) is 2.30. The second kappa shape index (κ2) is 5.80. The molecule has 0 saturated carbocycles. The Morgan fingerprint density at radius 3 is 2.81 bits per heavy atom. The zero-order valence-electron chi connectivity index (χ0n) is 9.05. The summed E-state index contributed by atoms with van der Waals surface area (Å²) < 4.78 is 10.2. The monoisotopic (exact) mass is 222 g/mol. The number of benzene rings is 1. The molecule has 1 atom stereocenters. The lowest BCUT2D eigenvalue weighted by molar-refractivity contribution is -0.157. The van der Waals surface area contributed by atoms with Crippen molar-refractivity contribution in [3.63, 3.8) is 0 Å². The fraction of sp³-hybridized carbons (Fsp3) is 0.250. The molecule has 4 heteroatoms. The topological polar surface area (TPSA) is 55.8 Å². The Labute approximate surface area is 94.1 Å². The number of phenolic OH excluding ortho intramolecular Hbond substituents is 1. The number of aromatic hydroxyl groups is 1. The van der Waals surface area contributed by atoms with Crippen LogP contribution >= 0.6 is 0 Å². The number of carbonyl (C=O) groups is 1. The maximum Gasteiger partial charge on any atom is 0.333 e. The van der Waals surface area contributed by atoms with Gasteiger partial charge in [0.05, 0.1) is 0 Å². The van der Waals surface area contributed by atoms with E-state index in [0.717, 1.165) is 6.08 Å². The molecule has 0 amide bonds. The summed E-state index contributed by atoms with van der Waals surface area (Å²) in [6.45, 7) is 5.10. The minimum absolute atomic E-state index is 0.00982. The summed E-state index contributed by atoms with van der Waals surface area (Å²) >= 11 is 0. The van der Waals surface area contributed by atoms with E-state index in [2.05, 4.69) is 6.58 Å². The van der Waals surface area contributed by atoms with Gasteiger partial charge in [-0.05, 0) is 12.1 Å². The van der Waals surface area contributed by atoms with Gasteiger partial charge in [-0.25, -0.2) is 4.79 Å². The van der Waals surface area contributed by atoms with Crippen molar-refractivity contribution in [3.05, 3.63) is 36.9 Å². The third-order valence-corrected chi connectivity index (χ3v) is 1.87. The molecule has 4 nitrogen and oxygen atoms in total. The zero-order valence-corrected chi connectivity index (χ0v) is 9.05. The summed E-state index contributed by atoms with van der Waals surface area (Å²) in [5.74, 6) is -0.260. The van der Waals surface area contributed by atoms with Crippen LogP contribution in [0.15, 0.2) is 36.9 Å². The predicted molar refractivity (Wildman–Crippen MR) is 59.1 cm³/mol. The molecule has 1 rings (SSSR count). The Morgan fingerprint density at radius 2 is 2.25 bits per heavy atom. The van der Waals surface area contributed by atoms with E-state index in [9.17, 15) is 9.90 Å². The highest BCUT2D eigenvalue weighted by Crippen LogP contribution is 2.26. The lowest BCUT2D eigenvalue weighted by Gasteiger charge is -2.17. The number of esters is 1. The molecule has 16 heavy (non-hydrogen) atoms. The molecule has 0 aliphatic carbocycles. The van der Waals surface area contributed by atoms with Crippen molar-refractivity contribution in [2.24, 2.45) is 0 Å². The van der Waals surface area contributed by atoms with Gasteiger partial charge in [0.15, 0.2) is 11.5 Å². The molecule has 1 N–H and O–H groups in total. The molecule has 0 aromatic heterocycles. The van der Waals surface area contributed by atoms with Crippen molar-refractivity contribution in [3.8, 4) is 11.5 Å². The van der Waals surface area contributed by atoms with Gasteiger partial charge in [0, 0.05) is 12.5 Å². The normalized spacial score (nSPS) is 11.6. The molecule has 0 heterocycles. The molecule has 0 radical (unpaired) electrons. The second-order valence-corrected chi connectivity index (χ2v) is 3.06. The van der Waals surface area contributed by atoms with Crippen LogP contribution in [-0.2, 0) is 9.53 Å². The fourth-order valence-corrected chi connectivity index (χ4v) is 1.07. The minimum Gasteiger partial charge on any atom is -0.504 e. The highest BCUT2D eigenvalue weighted by atomic mass is 16.7. The van der Waals surface area contributed by atoms with Gasteiger partial charge >= 0.3 is 5.97 Å². The molecule has 0 bridgehead atoms. The number of rotatable bonds is 5. The molecule has 86 valence electrons. The summed E-state index contributed by atoms with van der Waals surface area (Å²) in [5, 5.41) is 9.46. The number of hydrogen-bond acceptors (Lipinski definition) is 4. The SMILES string of the molecule is C=CC(=O)OC(CC)Oc1ccccc1O. The average molecular weight is 222 g/mol. The van der Waals surface area contributed by atoms with Gasteiger partial charge in [-0.2, -0.15) is 0 Å². The van der Waals surface area contributed by atoms with Crippen molar-refractivity contribution >= 4 is 5.97 Å². The summed E-state index contributed by atoms with van der Waals surface area (Å²) in [5.41, 5.74) is 0. The van der Waals surface area contributed by atoms with E-state index in [1.807, 2.05) is 0 Å². The van der Waals surface area contributed by atoms with E-state index >= 15 is 0 Å². The highest BCUT2D eigenvalue weighted by Gasteiger charge is 2.13. The third kappa shape index (κ3) is 3.31. The van der Waals surface area contributed by atoms with Crippen molar-refractivity contribution in [2.75, 3.05) is 0 Å².